The van der Waals surface area contributed by atoms with Crippen LogP contribution in [0.5, 0.6) is 0 Å². The van der Waals surface area contributed by atoms with Crippen LogP contribution in [0, 0.1) is 6.92 Å². The first kappa shape index (κ1) is 16.2. The Kier molecular flexibility index (Phi) is 4.33. The van der Waals surface area contributed by atoms with Crippen molar-refractivity contribution in [2.24, 2.45) is 7.05 Å². The first-order chi connectivity index (χ1) is 11.4. The lowest BCUT2D eigenvalue weighted by atomic mass is 10.1. The number of amides is 2. The van der Waals surface area contributed by atoms with Crippen molar-refractivity contribution in [3.05, 3.63) is 41.6 Å². The Morgan fingerprint density at radius 2 is 2.17 bits per heavy atom. The fraction of sp³-hybridized carbons (Fsp3) is 0.412. The van der Waals surface area contributed by atoms with E-state index in [-0.39, 0.29) is 17.7 Å². The van der Waals surface area contributed by atoms with Crippen LogP contribution >= 0.6 is 0 Å². The van der Waals surface area contributed by atoms with Gasteiger partial charge in [-0.2, -0.15) is 0 Å². The van der Waals surface area contributed by atoms with Gasteiger partial charge in [-0.3, -0.25) is 9.59 Å². The minimum Gasteiger partial charge on any atom is -0.338 e. The molecule has 2 aromatic heterocycles. The highest BCUT2D eigenvalue weighted by atomic mass is 16.2. The van der Waals surface area contributed by atoms with Gasteiger partial charge in [0.2, 0.25) is 5.91 Å². The lowest BCUT2D eigenvalue weighted by Crippen LogP contribution is -2.28. The number of nitrogens with zero attached hydrogens (tertiary/aromatic N) is 4. The first-order valence-corrected chi connectivity index (χ1v) is 7.97. The molecule has 126 valence electrons. The van der Waals surface area contributed by atoms with Gasteiger partial charge in [0.25, 0.3) is 5.91 Å². The summed E-state index contributed by atoms with van der Waals surface area (Å²) in [5.41, 5.74) is 1.52. The zero-order valence-corrected chi connectivity index (χ0v) is 14.1. The Hall–Kier alpha value is -2.70. The number of aromatic nitrogens is 3. The average molecular weight is 327 g/mol. The summed E-state index contributed by atoms with van der Waals surface area (Å²) in [6.07, 6.45) is 4.44. The van der Waals surface area contributed by atoms with Crippen molar-refractivity contribution in [3.8, 4) is 0 Å². The van der Waals surface area contributed by atoms with Gasteiger partial charge in [-0.15, -0.1) is 0 Å². The number of likely N-dealkylation sites (tertiary alicyclic amines) is 1. The van der Waals surface area contributed by atoms with Crippen molar-refractivity contribution in [3.63, 3.8) is 0 Å². The second-order valence-electron chi connectivity index (χ2n) is 6.20. The maximum atomic E-state index is 12.7. The SMILES string of the molecule is CC(=O)Nc1cc(C(=O)N2CCC(c3nc(C)cn3C)C2)ccn1. The van der Waals surface area contributed by atoms with Crippen molar-refractivity contribution in [2.45, 2.75) is 26.2 Å². The highest BCUT2D eigenvalue weighted by Gasteiger charge is 2.30. The molecule has 1 unspecified atom stereocenters. The second-order valence-corrected chi connectivity index (χ2v) is 6.20. The second kappa shape index (κ2) is 6.43. The van der Waals surface area contributed by atoms with Gasteiger partial charge in [0.15, 0.2) is 0 Å². The van der Waals surface area contributed by atoms with Crippen LogP contribution in [0.4, 0.5) is 5.82 Å². The Morgan fingerprint density at radius 1 is 1.38 bits per heavy atom. The maximum Gasteiger partial charge on any atom is 0.254 e. The van der Waals surface area contributed by atoms with Crippen LogP contribution in [-0.2, 0) is 11.8 Å². The van der Waals surface area contributed by atoms with Crippen molar-refractivity contribution < 1.29 is 9.59 Å². The van der Waals surface area contributed by atoms with E-state index in [9.17, 15) is 9.59 Å². The number of imidazole rings is 1. The molecule has 0 spiro atoms. The van der Waals surface area contributed by atoms with Gasteiger partial charge in [-0.05, 0) is 25.5 Å². The van der Waals surface area contributed by atoms with E-state index in [1.165, 1.54) is 13.1 Å². The molecule has 24 heavy (non-hydrogen) atoms. The number of pyridine rings is 1. The molecule has 7 nitrogen and oxygen atoms in total. The molecule has 0 radical (unpaired) electrons. The summed E-state index contributed by atoms with van der Waals surface area (Å²) in [5, 5.41) is 2.60. The zero-order valence-electron chi connectivity index (χ0n) is 14.1. The Labute approximate surface area is 140 Å². The number of nitrogens with one attached hydrogen (secondary N) is 1. The number of rotatable bonds is 3. The molecule has 3 rings (SSSR count). The van der Waals surface area contributed by atoms with Crippen LogP contribution in [0.25, 0.3) is 0 Å². The molecule has 7 heteroatoms. The number of hydrogen-bond donors (Lipinski definition) is 1. The predicted molar refractivity (Wildman–Crippen MR) is 89.7 cm³/mol. The Balaban J connectivity index is 1.72. The minimum absolute atomic E-state index is 0.0440. The molecule has 1 N–H and O–H groups in total. The summed E-state index contributed by atoms with van der Waals surface area (Å²) in [7, 11) is 1.99. The van der Waals surface area contributed by atoms with E-state index in [0.717, 1.165) is 17.9 Å². The van der Waals surface area contributed by atoms with E-state index in [2.05, 4.69) is 15.3 Å². The third kappa shape index (κ3) is 3.29. The summed E-state index contributed by atoms with van der Waals surface area (Å²) in [5.74, 6) is 1.42. The van der Waals surface area contributed by atoms with E-state index >= 15 is 0 Å². The first-order valence-electron chi connectivity index (χ1n) is 7.97. The molecule has 1 fully saturated rings. The fourth-order valence-electron chi connectivity index (χ4n) is 3.16. The Bertz CT molecular complexity index is 783. The molecule has 1 atom stereocenters. The monoisotopic (exact) mass is 327 g/mol. The molecule has 3 heterocycles. The molecule has 2 aromatic rings. The molecule has 0 bridgehead atoms. The summed E-state index contributed by atoms with van der Waals surface area (Å²) >= 11 is 0. The van der Waals surface area contributed by atoms with Gasteiger partial charge >= 0.3 is 0 Å². The van der Waals surface area contributed by atoms with Crippen LogP contribution < -0.4 is 5.32 Å². The smallest absolute Gasteiger partial charge is 0.254 e. The van der Waals surface area contributed by atoms with Gasteiger partial charge in [0.05, 0.1) is 5.69 Å². The van der Waals surface area contributed by atoms with Crippen LogP contribution in [0.1, 0.15) is 41.1 Å². The van der Waals surface area contributed by atoms with Gasteiger partial charge in [-0.1, -0.05) is 0 Å². The molecule has 1 aliphatic heterocycles. The topological polar surface area (TPSA) is 80.1 Å². The van der Waals surface area contributed by atoms with Gasteiger partial charge in [0, 0.05) is 50.9 Å². The lowest BCUT2D eigenvalue weighted by Gasteiger charge is -2.17. The molecular weight excluding hydrogens is 306 g/mol. The highest BCUT2D eigenvalue weighted by Crippen LogP contribution is 2.27. The number of carbonyl (C=O) groups is 2. The number of hydrogen-bond acceptors (Lipinski definition) is 4. The van der Waals surface area contributed by atoms with Crippen molar-refractivity contribution in [1.82, 2.24) is 19.4 Å². The van der Waals surface area contributed by atoms with Gasteiger partial charge < -0.3 is 14.8 Å². The van der Waals surface area contributed by atoms with Crippen molar-refractivity contribution >= 4 is 17.6 Å². The third-order valence-corrected chi connectivity index (χ3v) is 4.18. The standard InChI is InChI=1S/C17H21N5O2/c1-11-9-21(3)16(19-11)14-5-7-22(10-14)17(24)13-4-6-18-15(8-13)20-12(2)23/h4,6,8-9,14H,5,7,10H2,1-3H3,(H,18,20,23). The van der Waals surface area contributed by atoms with Crippen LogP contribution in [0.2, 0.25) is 0 Å². The van der Waals surface area contributed by atoms with Crippen LogP contribution in [0.3, 0.4) is 0 Å². The van der Waals surface area contributed by atoms with E-state index in [1.807, 2.05) is 29.6 Å². The summed E-state index contributed by atoms with van der Waals surface area (Å²) in [6, 6.07) is 3.29. The van der Waals surface area contributed by atoms with Crippen molar-refractivity contribution in [2.75, 3.05) is 18.4 Å². The van der Waals surface area contributed by atoms with E-state index < -0.39 is 0 Å². The zero-order chi connectivity index (χ0) is 17.3. The van der Waals surface area contributed by atoms with E-state index in [1.54, 1.807) is 12.1 Å². The summed E-state index contributed by atoms with van der Waals surface area (Å²) in [6.45, 7) is 4.74. The summed E-state index contributed by atoms with van der Waals surface area (Å²) in [4.78, 5) is 34.3. The molecular formula is C17H21N5O2. The normalized spacial score (nSPS) is 17.1. The molecule has 2 amide bonds. The maximum absolute atomic E-state index is 12.7. The van der Waals surface area contributed by atoms with Gasteiger partial charge in [-0.25, -0.2) is 9.97 Å². The average Bonchev–Trinajstić information content (AvgIpc) is 3.12. The number of aryl methyl sites for hydroxylation is 2. The van der Waals surface area contributed by atoms with Gasteiger partial charge in [0.1, 0.15) is 11.6 Å². The van der Waals surface area contributed by atoms with Crippen LogP contribution in [0.15, 0.2) is 24.5 Å². The largest absolute Gasteiger partial charge is 0.338 e. The minimum atomic E-state index is -0.210. The van der Waals surface area contributed by atoms with Crippen LogP contribution in [-0.4, -0.2) is 44.3 Å². The van der Waals surface area contributed by atoms with E-state index in [0.29, 0.717) is 24.5 Å². The molecule has 0 aliphatic carbocycles. The molecule has 1 saturated heterocycles. The van der Waals surface area contributed by atoms with E-state index in [4.69, 9.17) is 0 Å². The van der Waals surface area contributed by atoms with Crippen molar-refractivity contribution in [1.29, 1.82) is 0 Å². The molecule has 1 aliphatic rings. The predicted octanol–water partition coefficient (Wildman–Crippen LogP) is 1.71. The third-order valence-electron chi connectivity index (χ3n) is 4.18. The molecule has 0 aromatic carbocycles. The Morgan fingerprint density at radius 3 is 2.83 bits per heavy atom. The fourth-order valence-corrected chi connectivity index (χ4v) is 3.16. The number of anilines is 1. The molecule has 0 saturated carbocycles. The quantitative estimate of drug-likeness (QED) is 0.931. The lowest BCUT2D eigenvalue weighted by molar-refractivity contribution is -0.114. The number of carbonyl (C=O) groups excluding carboxylic acids is 2. The highest BCUT2D eigenvalue weighted by molar-refractivity contribution is 5.96. The summed E-state index contributed by atoms with van der Waals surface area (Å²) < 4.78 is 2.04.